The molecular formula is C15H30O. The first-order valence-corrected chi connectivity index (χ1v) is 6.84. The molecule has 0 aliphatic heterocycles. The van der Waals surface area contributed by atoms with Crippen molar-refractivity contribution in [3.05, 3.63) is 0 Å². The van der Waals surface area contributed by atoms with Crippen LogP contribution in [0.25, 0.3) is 0 Å². The predicted molar refractivity (Wildman–Crippen MR) is 70.5 cm³/mol. The number of rotatable bonds is 2. The average Bonchev–Trinajstić information content (AvgIpc) is 2.23. The van der Waals surface area contributed by atoms with E-state index >= 15 is 0 Å². The van der Waals surface area contributed by atoms with Crippen LogP contribution in [0.1, 0.15) is 79.6 Å². The summed E-state index contributed by atoms with van der Waals surface area (Å²) in [6.45, 7) is 11.5. The highest BCUT2D eigenvalue weighted by atomic mass is 16.3. The first-order chi connectivity index (χ1) is 7.12. The third kappa shape index (κ3) is 4.86. The third-order valence-electron chi connectivity index (χ3n) is 4.10. The average molecular weight is 226 g/mol. The van der Waals surface area contributed by atoms with E-state index in [2.05, 4.69) is 34.6 Å². The van der Waals surface area contributed by atoms with E-state index in [-0.39, 0.29) is 5.60 Å². The summed E-state index contributed by atoms with van der Waals surface area (Å²) in [5, 5.41) is 10.6. The Kier molecular flexibility index (Phi) is 4.10. The molecule has 0 aromatic rings. The molecule has 0 amide bonds. The van der Waals surface area contributed by atoms with Crippen molar-refractivity contribution in [2.24, 2.45) is 10.8 Å². The van der Waals surface area contributed by atoms with Crippen molar-refractivity contribution in [1.82, 2.24) is 0 Å². The van der Waals surface area contributed by atoms with E-state index in [1.165, 1.54) is 19.3 Å². The molecule has 1 heteroatoms. The van der Waals surface area contributed by atoms with Crippen LogP contribution in [-0.4, -0.2) is 10.7 Å². The molecule has 0 radical (unpaired) electrons. The Labute approximate surface area is 102 Å². The molecule has 1 aliphatic carbocycles. The van der Waals surface area contributed by atoms with E-state index in [9.17, 15) is 5.11 Å². The van der Waals surface area contributed by atoms with Crippen LogP contribution in [0.15, 0.2) is 0 Å². The maximum Gasteiger partial charge on any atom is 0.0648 e. The molecule has 1 fully saturated rings. The van der Waals surface area contributed by atoms with Gasteiger partial charge in [-0.2, -0.15) is 0 Å². The van der Waals surface area contributed by atoms with E-state index in [0.29, 0.717) is 10.8 Å². The lowest BCUT2D eigenvalue weighted by Gasteiger charge is -2.31. The zero-order valence-corrected chi connectivity index (χ0v) is 11.9. The molecule has 1 atom stereocenters. The highest BCUT2D eigenvalue weighted by molar-refractivity contribution is 4.87. The number of hydrogen-bond donors (Lipinski definition) is 1. The molecule has 0 spiro atoms. The van der Waals surface area contributed by atoms with Gasteiger partial charge < -0.3 is 5.11 Å². The second-order valence-electron chi connectivity index (χ2n) is 7.80. The van der Waals surface area contributed by atoms with Crippen molar-refractivity contribution in [2.45, 2.75) is 85.2 Å². The first kappa shape index (κ1) is 14.0. The normalized spacial score (nSPS) is 31.1. The molecule has 1 rings (SSSR count). The topological polar surface area (TPSA) is 20.2 Å². The zero-order valence-electron chi connectivity index (χ0n) is 11.9. The summed E-state index contributed by atoms with van der Waals surface area (Å²) in [5.41, 5.74) is 0.408. The van der Waals surface area contributed by atoms with Gasteiger partial charge in [0.15, 0.2) is 0 Å². The maximum absolute atomic E-state index is 10.6. The Morgan fingerprint density at radius 1 is 1.00 bits per heavy atom. The fourth-order valence-electron chi connectivity index (χ4n) is 2.57. The summed E-state index contributed by atoms with van der Waals surface area (Å²) in [6, 6.07) is 0. The van der Waals surface area contributed by atoms with Gasteiger partial charge in [-0.25, -0.2) is 0 Å². The summed E-state index contributed by atoms with van der Waals surface area (Å²) >= 11 is 0. The van der Waals surface area contributed by atoms with E-state index in [4.69, 9.17) is 0 Å². The molecule has 1 unspecified atom stereocenters. The monoisotopic (exact) mass is 226 g/mol. The highest BCUT2D eigenvalue weighted by Gasteiger charge is 2.34. The molecular weight excluding hydrogens is 196 g/mol. The van der Waals surface area contributed by atoms with Crippen LogP contribution in [0.3, 0.4) is 0 Å². The smallest absolute Gasteiger partial charge is 0.0648 e. The molecule has 0 aromatic heterocycles. The molecule has 0 bridgehead atoms. The zero-order chi connectivity index (χ0) is 12.4. The van der Waals surface area contributed by atoms with Gasteiger partial charge in [0.2, 0.25) is 0 Å². The Balaban J connectivity index is 2.51. The van der Waals surface area contributed by atoms with Crippen molar-refractivity contribution < 1.29 is 5.11 Å². The van der Waals surface area contributed by atoms with E-state index in [1.54, 1.807) is 0 Å². The Morgan fingerprint density at radius 3 is 2.19 bits per heavy atom. The van der Waals surface area contributed by atoms with Crippen LogP contribution >= 0.6 is 0 Å². The maximum atomic E-state index is 10.6. The summed E-state index contributed by atoms with van der Waals surface area (Å²) < 4.78 is 0. The molecule has 1 saturated carbocycles. The fourth-order valence-corrected chi connectivity index (χ4v) is 2.57. The highest BCUT2D eigenvalue weighted by Crippen LogP contribution is 2.41. The van der Waals surface area contributed by atoms with Crippen LogP contribution < -0.4 is 0 Å². The van der Waals surface area contributed by atoms with Crippen molar-refractivity contribution in [1.29, 1.82) is 0 Å². The fraction of sp³-hybridized carbons (Fsp3) is 1.00. The second kappa shape index (κ2) is 4.68. The summed E-state index contributed by atoms with van der Waals surface area (Å²) in [4.78, 5) is 0. The minimum atomic E-state index is -0.374. The quantitative estimate of drug-likeness (QED) is 0.686. The summed E-state index contributed by atoms with van der Waals surface area (Å²) in [7, 11) is 0. The van der Waals surface area contributed by atoms with E-state index in [1.807, 2.05) is 0 Å². The predicted octanol–water partition coefficient (Wildman–Crippen LogP) is 4.53. The minimum Gasteiger partial charge on any atom is -0.390 e. The number of hydrogen-bond acceptors (Lipinski definition) is 1. The number of aliphatic hydroxyl groups is 1. The molecule has 1 N–H and O–H groups in total. The molecule has 96 valence electrons. The summed E-state index contributed by atoms with van der Waals surface area (Å²) in [6.07, 6.45) is 7.74. The standard InChI is InChI=1S/C15H30O/c1-13(2,3)9-11-15(16)8-6-7-14(4,5)10-12-15/h16H,6-12H2,1-5H3. The van der Waals surface area contributed by atoms with Crippen molar-refractivity contribution >= 4 is 0 Å². The van der Waals surface area contributed by atoms with Crippen LogP contribution in [0.5, 0.6) is 0 Å². The largest absolute Gasteiger partial charge is 0.390 e. The van der Waals surface area contributed by atoms with Crippen LogP contribution in [0, 0.1) is 10.8 Å². The van der Waals surface area contributed by atoms with Gasteiger partial charge in [-0.15, -0.1) is 0 Å². The van der Waals surface area contributed by atoms with Crippen molar-refractivity contribution in [3.8, 4) is 0 Å². The van der Waals surface area contributed by atoms with Gasteiger partial charge >= 0.3 is 0 Å². The Morgan fingerprint density at radius 2 is 1.62 bits per heavy atom. The Bertz CT molecular complexity index is 224. The SMILES string of the molecule is CC(C)(C)CCC1(O)CCCC(C)(C)CC1. The lowest BCUT2D eigenvalue weighted by atomic mass is 9.80. The van der Waals surface area contributed by atoms with Crippen molar-refractivity contribution in [3.63, 3.8) is 0 Å². The van der Waals surface area contributed by atoms with Crippen LogP contribution in [0.4, 0.5) is 0 Å². The van der Waals surface area contributed by atoms with Gasteiger partial charge in [0, 0.05) is 0 Å². The lowest BCUT2D eigenvalue weighted by Crippen LogP contribution is -2.29. The second-order valence-corrected chi connectivity index (χ2v) is 7.80. The molecule has 16 heavy (non-hydrogen) atoms. The van der Waals surface area contributed by atoms with Gasteiger partial charge in [0.05, 0.1) is 5.60 Å². The third-order valence-corrected chi connectivity index (χ3v) is 4.10. The van der Waals surface area contributed by atoms with E-state index in [0.717, 1.165) is 25.7 Å². The first-order valence-electron chi connectivity index (χ1n) is 6.84. The van der Waals surface area contributed by atoms with Crippen LogP contribution in [0.2, 0.25) is 0 Å². The molecule has 0 heterocycles. The molecule has 1 nitrogen and oxygen atoms in total. The van der Waals surface area contributed by atoms with Gasteiger partial charge in [-0.1, -0.05) is 41.0 Å². The van der Waals surface area contributed by atoms with Gasteiger partial charge in [-0.3, -0.25) is 0 Å². The van der Waals surface area contributed by atoms with Crippen LogP contribution in [-0.2, 0) is 0 Å². The van der Waals surface area contributed by atoms with Gasteiger partial charge in [-0.05, 0) is 49.4 Å². The molecule has 1 aliphatic rings. The molecule has 0 aromatic carbocycles. The minimum absolute atomic E-state index is 0.345. The molecule has 0 saturated heterocycles. The van der Waals surface area contributed by atoms with E-state index < -0.39 is 0 Å². The van der Waals surface area contributed by atoms with Gasteiger partial charge in [0.25, 0.3) is 0 Å². The lowest BCUT2D eigenvalue weighted by molar-refractivity contribution is 0.00439. The summed E-state index contributed by atoms with van der Waals surface area (Å²) in [5.74, 6) is 0. The van der Waals surface area contributed by atoms with Crippen molar-refractivity contribution in [2.75, 3.05) is 0 Å². The Hall–Kier alpha value is -0.0400. The van der Waals surface area contributed by atoms with Gasteiger partial charge in [0.1, 0.15) is 0 Å².